The van der Waals surface area contributed by atoms with Crippen LogP contribution < -0.4 is 81.0 Å². The van der Waals surface area contributed by atoms with E-state index in [2.05, 4.69) is 86.4 Å². The number of aromatic amines is 1. The van der Waals surface area contributed by atoms with Gasteiger partial charge in [-0.3, -0.25) is 62.9 Å². The van der Waals surface area contributed by atoms with Crippen molar-refractivity contribution in [2.24, 2.45) is 17.2 Å². The zero-order chi connectivity index (χ0) is 85.3. The number of carbonyl (C=O) groups is 13. The number of guanidine groups is 1. The Kier molecular flexibility index (Phi) is 37.2. The molecule has 0 aliphatic carbocycles. The number of likely N-dealkylation sites (tertiary alicyclic amines) is 1. The second kappa shape index (κ2) is 46.4. The largest absolute Gasteiger partial charge is 0.508 e. The van der Waals surface area contributed by atoms with Gasteiger partial charge in [-0.1, -0.05) is 66.7 Å². The topological polar surface area (TPSA) is 642 Å². The second-order valence-corrected chi connectivity index (χ2v) is 28.4. The lowest BCUT2D eigenvalue weighted by molar-refractivity contribution is -0.143. The van der Waals surface area contributed by atoms with E-state index in [1.165, 1.54) is 80.1 Å². The number of nitrogens with two attached hydrogens (primary N) is 3. The third-order valence-corrected chi connectivity index (χ3v) is 19.1. The monoisotopic (exact) mass is 1640 g/mol. The number of imidazole rings is 1. The van der Waals surface area contributed by atoms with E-state index in [-0.39, 0.29) is 119 Å². The van der Waals surface area contributed by atoms with Gasteiger partial charge in [0, 0.05) is 56.4 Å². The first kappa shape index (κ1) is 92.9. The molecule has 5 aromatic rings. The number of benzene rings is 4. The number of aliphatic carboxylic acids is 1. The van der Waals surface area contributed by atoms with E-state index < -0.39 is 180 Å². The van der Waals surface area contributed by atoms with Gasteiger partial charge >= 0.3 is 5.97 Å². The van der Waals surface area contributed by atoms with Crippen molar-refractivity contribution >= 4 is 95.4 Å². The number of aliphatic hydroxyl groups is 3. The Morgan fingerprint density at radius 3 is 1.46 bits per heavy atom. The van der Waals surface area contributed by atoms with E-state index in [1.54, 1.807) is 42.5 Å². The Morgan fingerprint density at radius 1 is 0.526 bits per heavy atom. The van der Waals surface area contributed by atoms with Gasteiger partial charge in [0.25, 0.3) is 0 Å². The van der Waals surface area contributed by atoms with Crippen molar-refractivity contribution in [2.45, 2.75) is 189 Å². The lowest BCUT2D eigenvalue weighted by Gasteiger charge is -2.31. The van der Waals surface area contributed by atoms with Crippen molar-refractivity contribution in [1.29, 1.82) is 5.41 Å². The molecule has 40 heteroatoms. The lowest BCUT2D eigenvalue weighted by Crippen LogP contribution is -2.63. The maximum absolute atomic E-state index is 14.8. The molecule has 1 saturated heterocycles. The number of H-pyrrole nitrogens is 1. The van der Waals surface area contributed by atoms with Crippen LogP contribution in [-0.2, 0) is 94.4 Å². The number of hydrogen-bond donors (Lipinski definition) is 25. The molecule has 0 saturated carbocycles. The average Bonchev–Trinajstić information content (AvgIpc) is 1.62. The molecule has 4 aromatic carbocycles. The SMILES string of the molecule is C[C@H](NC(=O)[C@H](CS)NC(=O)[C@@H](N)Cc1ccc(O)cc1)C(=O)N[C@@H](Cc1ccc(O)cc1)C(=O)N[C@@H](Cc1ccc(O)cc1)C(=O)N[C@@H](CO)C(=O)N1CCC[C@H]1C(=O)N[C@@H](CCCNC(=N)N)C(=O)N[C@@H](Cc1cnc[nH]1)C(=O)N[C@@H](CCCCN)C(=O)N[C@H](C(=O)N[C@H](C(=O)N[C@@H](Cc1ccccc1)C(=O)O)[C@@H](C)O)[C@@H](C)O. The van der Waals surface area contributed by atoms with E-state index in [9.17, 15) is 98.1 Å². The molecule has 6 rings (SSSR count). The van der Waals surface area contributed by atoms with Crippen molar-refractivity contribution in [1.82, 2.24) is 78.7 Å². The number of hydrogen-bond acceptors (Lipinski definition) is 24. The Labute approximate surface area is 673 Å². The van der Waals surface area contributed by atoms with Gasteiger partial charge in [-0.2, -0.15) is 12.6 Å². The number of aliphatic hydroxyl groups excluding tert-OH is 3. The van der Waals surface area contributed by atoms with E-state index >= 15 is 0 Å². The number of nitrogens with one attached hydrogen (secondary N) is 14. The highest BCUT2D eigenvalue weighted by atomic mass is 32.1. The molecule has 12 amide bonds. The second-order valence-electron chi connectivity index (χ2n) is 28.0. The summed E-state index contributed by atoms with van der Waals surface area (Å²) in [5.74, 6) is -14.3. The van der Waals surface area contributed by atoms with Crippen LogP contribution >= 0.6 is 12.6 Å². The molecule has 27 N–H and O–H groups in total. The minimum absolute atomic E-state index is 0.00209. The summed E-state index contributed by atoms with van der Waals surface area (Å²) < 4.78 is 0. The molecule has 0 spiro atoms. The quantitative estimate of drug-likeness (QED) is 0.00750. The van der Waals surface area contributed by atoms with Crippen LogP contribution in [0.1, 0.15) is 93.7 Å². The molecule has 630 valence electrons. The first-order valence-corrected chi connectivity index (χ1v) is 38.2. The standard InChI is InChI=1S/C76H105N19O20S/c1-40(84-70(109)59(38-116)92-64(103)51(78)31-44-16-22-48(99)23-17-44)63(102)87-54(32-45-18-24-49(100)25-19-45)67(106)88-55(33-46-20-26-50(101)27-21-46)68(107)91-58(37-96)74(113)95-30-10-15-60(95)71(110)86-53(14-9-29-82-76(79)80)65(104)89-56(35-47-36-81-39-83-47)69(108)85-52(13-7-8-28-77)66(105)93-62(42(3)98)73(112)94-61(41(2)97)72(111)90-57(75(114)115)34-43-11-5-4-6-12-43/h4-6,11-12,16-27,36,39-42,51-62,96-101,116H,7-10,13-15,28-35,37-38,77-78H2,1-3H3,(H,81,83)(H,84,109)(H,85,108)(H,86,110)(H,87,102)(H,88,106)(H,89,104)(H,90,111)(H,91,107)(H,92,103)(H,93,105)(H,94,112)(H,114,115)(H4,79,80,82)/t40-,41+,42+,51-,52-,53-,54-,55-,56-,57-,58-,59-,60-,61-,62-/m0/s1. The Bertz CT molecular complexity index is 4130. The fraction of sp³-hybridized carbons (Fsp3) is 0.461. The van der Waals surface area contributed by atoms with Crippen molar-refractivity contribution in [3.63, 3.8) is 0 Å². The number of amides is 12. The lowest BCUT2D eigenvalue weighted by atomic mass is 10.0. The minimum Gasteiger partial charge on any atom is -0.508 e. The summed E-state index contributed by atoms with van der Waals surface area (Å²) in [5.41, 5.74) is 19.7. The number of phenols is 3. The minimum atomic E-state index is -1.88. The van der Waals surface area contributed by atoms with Crippen LogP contribution in [0.2, 0.25) is 0 Å². The van der Waals surface area contributed by atoms with Crippen LogP contribution in [0, 0.1) is 5.41 Å². The fourth-order valence-corrected chi connectivity index (χ4v) is 12.6. The normalized spacial score (nSPS) is 16.1. The predicted molar refractivity (Wildman–Crippen MR) is 421 cm³/mol. The zero-order valence-electron chi connectivity index (χ0n) is 64.2. The Hall–Kier alpha value is -12.0. The third-order valence-electron chi connectivity index (χ3n) is 18.8. The van der Waals surface area contributed by atoms with Crippen LogP contribution in [0.4, 0.5) is 0 Å². The maximum Gasteiger partial charge on any atom is 0.326 e. The number of nitrogens with zero attached hydrogens (tertiary/aromatic N) is 2. The van der Waals surface area contributed by atoms with E-state index in [0.717, 1.165) is 18.7 Å². The van der Waals surface area contributed by atoms with Crippen molar-refractivity contribution < 1.29 is 98.1 Å². The van der Waals surface area contributed by atoms with Crippen molar-refractivity contribution in [3.05, 3.63) is 144 Å². The maximum atomic E-state index is 14.8. The molecule has 0 bridgehead atoms. The van der Waals surface area contributed by atoms with Gasteiger partial charge in [0.15, 0.2) is 5.96 Å². The van der Waals surface area contributed by atoms with Crippen LogP contribution in [0.15, 0.2) is 116 Å². The summed E-state index contributed by atoms with van der Waals surface area (Å²) in [6.45, 7) is 2.46. The molecule has 2 heterocycles. The van der Waals surface area contributed by atoms with E-state index in [1.807, 2.05) is 0 Å². The number of thiol groups is 1. The van der Waals surface area contributed by atoms with Crippen LogP contribution in [0.5, 0.6) is 17.2 Å². The van der Waals surface area contributed by atoms with E-state index in [4.69, 9.17) is 22.6 Å². The molecule has 116 heavy (non-hydrogen) atoms. The highest BCUT2D eigenvalue weighted by molar-refractivity contribution is 7.80. The molecule has 0 unspecified atom stereocenters. The average molecular weight is 1640 g/mol. The highest BCUT2D eigenvalue weighted by Crippen LogP contribution is 2.22. The van der Waals surface area contributed by atoms with Gasteiger partial charge < -0.3 is 127 Å². The number of carbonyl (C=O) groups excluding carboxylic acids is 12. The molecular formula is C76H105N19O20S. The predicted octanol–water partition coefficient (Wildman–Crippen LogP) is -5.13. The zero-order valence-corrected chi connectivity index (χ0v) is 65.1. The number of phenolic OH excluding ortho intramolecular Hbond substituents is 3. The van der Waals surface area contributed by atoms with Crippen LogP contribution in [0.3, 0.4) is 0 Å². The molecule has 1 aliphatic heterocycles. The number of carboxylic acids is 1. The molecule has 1 aromatic heterocycles. The van der Waals surface area contributed by atoms with Gasteiger partial charge in [0.1, 0.15) is 89.8 Å². The highest BCUT2D eigenvalue weighted by Gasteiger charge is 2.42. The first-order chi connectivity index (χ1) is 55.2. The summed E-state index contributed by atoms with van der Waals surface area (Å²) in [6.07, 6.45) is -1.53. The van der Waals surface area contributed by atoms with Crippen LogP contribution in [0.25, 0.3) is 0 Å². The number of rotatable bonds is 46. The Morgan fingerprint density at radius 2 is 0.957 bits per heavy atom. The third kappa shape index (κ3) is 29.8. The molecule has 0 radical (unpaired) electrons. The first-order valence-electron chi connectivity index (χ1n) is 37.5. The number of unbranched alkanes of at least 4 members (excludes halogenated alkanes) is 1. The molecule has 1 aliphatic rings. The van der Waals surface area contributed by atoms with Gasteiger partial charge in [-0.15, -0.1) is 0 Å². The summed E-state index contributed by atoms with van der Waals surface area (Å²) in [7, 11) is 0. The van der Waals surface area contributed by atoms with Crippen molar-refractivity contribution in [3.8, 4) is 17.2 Å². The number of aromatic hydroxyl groups is 3. The fourth-order valence-electron chi connectivity index (χ4n) is 12.3. The van der Waals surface area contributed by atoms with Gasteiger partial charge in [0.05, 0.1) is 31.2 Å². The van der Waals surface area contributed by atoms with Gasteiger partial charge in [-0.25, -0.2) is 9.78 Å². The number of carboxylic acid groups (broad SMARTS) is 1. The summed E-state index contributed by atoms with van der Waals surface area (Å²) in [5, 5.41) is 110. The smallest absolute Gasteiger partial charge is 0.326 e. The van der Waals surface area contributed by atoms with Crippen LogP contribution in [-0.4, -0.2) is 256 Å². The summed E-state index contributed by atoms with van der Waals surface area (Å²) in [4.78, 5) is 191. The summed E-state index contributed by atoms with van der Waals surface area (Å²) in [6, 6.07) is 5.05. The molecule has 1 fully saturated rings. The van der Waals surface area contributed by atoms with Gasteiger partial charge in [-0.05, 0) is 137 Å². The Balaban J connectivity index is 1.19. The molecule has 15 atom stereocenters. The molecular weight excluding hydrogens is 1530 g/mol. The van der Waals surface area contributed by atoms with Crippen molar-refractivity contribution in [2.75, 3.05) is 32.0 Å². The summed E-state index contributed by atoms with van der Waals surface area (Å²) >= 11 is 4.22. The molecule has 39 nitrogen and oxygen atoms in total. The number of aromatic nitrogens is 2. The van der Waals surface area contributed by atoms with Gasteiger partial charge in [0.2, 0.25) is 70.9 Å². The van der Waals surface area contributed by atoms with E-state index in [0.29, 0.717) is 28.7 Å².